The molecule has 1 amide bonds. The molecule has 2 N–H and O–H groups in total. The lowest BCUT2D eigenvalue weighted by Crippen LogP contribution is -2.20. The highest BCUT2D eigenvalue weighted by Crippen LogP contribution is 2.25. The number of aromatic nitrogens is 2. The van der Waals surface area contributed by atoms with Crippen molar-refractivity contribution in [2.45, 2.75) is 37.6 Å². The highest BCUT2D eigenvalue weighted by molar-refractivity contribution is 7.92. The second kappa shape index (κ2) is 7.46. The standard InChI is InChI=1S/C17H22N4O4S/c1-12-9-14(19-13(2)22)3-4-17(12)26(23,24)20-15-10-18-21(11-15)16-5-7-25-8-6-16/h3-4,9-11,16,20H,5-8H2,1-2H3,(H,19,22). The van der Waals surface area contributed by atoms with Gasteiger partial charge in [0.05, 0.1) is 22.8 Å². The minimum Gasteiger partial charge on any atom is -0.381 e. The summed E-state index contributed by atoms with van der Waals surface area (Å²) >= 11 is 0. The maximum Gasteiger partial charge on any atom is 0.262 e. The number of hydrogen-bond donors (Lipinski definition) is 2. The molecule has 2 aromatic rings. The molecule has 0 saturated carbocycles. The largest absolute Gasteiger partial charge is 0.381 e. The van der Waals surface area contributed by atoms with Gasteiger partial charge in [0.2, 0.25) is 5.91 Å². The van der Waals surface area contributed by atoms with Gasteiger partial charge < -0.3 is 10.1 Å². The fraction of sp³-hybridized carbons (Fsp3) is 0.412. The molecule has 2 heterocycles. The zero-order chi connectivity index (χ0) is 18.7. The van der Waals surface area contributed by atoms with Crippen molar-refractivity contribution in [3.05, 3.63) is 36.2 Å². The Balaban J connectivity index is 1.76. The van der Waals surface area contributed by atoms with E-state index < -0.39 is 10.0 Å². The highest BCUT2D eigenvalue weighted by Gasteiger charge is 2.20. The van der Waals surface area contributed by atoms with Crippen LogP contribution in [0.1, 0.15) is 31.4 Å². The van der Waals surface area contributed by atoms with Crippen LogP contribution in [-0.4, -0.2) is 37.3 Å². The van der Waals surface area contributed by atoms with Gasteiger partial charge in [0.25, 0.3) is 10.0 Å². The van der Waals surface area contributed by atoms with E-state index in [1.165, 1.54) is 19.2 Å². The molecule has 3 rings (SSSR count). The predicted molar refractivity (Wildman–Crippen MR) is 97.6 cm³/mol. The van der Waals surface area contributed by atoms with Gasteiger partial charge in [-0.05, 0) is 43.5 Å². The summed E-state index contributed by atoms with van der Waals surface area (Å²) in [6.07, 6.45) is 4.93. The van der Waals surface area contributed by atoms with Crippen molar-refractivity contribution in [1.29, 1.82) is 0 Å². The fourth-order valence-corrected chi connectivity index (χ4v) is 4.24. The lowest BCUT2D eigenvalue weighted by molar-refractivity contribution is -0.114. The molecule has 0 spiro atoms. The Hall–Kier alpha value is -2.39. The van der Waals surface area contributed by atoms with Crippen molar-refractivity contribution in [3.8, 4) is 0 Å². The van der Waals surface area contributed by atoms with Crippen LogP contribution in [0, 0.1) is 6.92 Å². The third-order valence-electron chi connectivity index (χ3n) is 4.20. The molecule has 1 saturated heterocycles. The van der Waals surface area contributed by atoms with Crippen molar-refractivity contribution in [2.75, 3.05) is 23.3 Å². The summed E-state index contributed by atoms with van der Waals surface area (Å²) in [5, 5.41) is 6.91. The number of nitrogens with zero attached hydrogens (tertiary/aromatic N) is 2. The Morgan fingerprint density at radius 1 is 1.27 bits per heavy atom. The summed E-state index contributed by atoms with van der Waals surface area (Å²) in [7, 11) is -3.75. The molecule has 1 fully saturated rings. The summed E-state index contributed by atoms with van der Waals surface area (Å²) in [4.78, 5) is 11.3. The van der Waals surface area contributed by atoms with E-state index in [1.54, 1.807) is 29.9 Å². The van der Waals surface area contributed by atoms with Gasteiger partial charge in [0.1, 0.15) is 0 Å². The lowest BCUT2D eigenvalue weighted by Gasteiger charge is -2.22. The van der Waals surface area contributed by atoms with E-state index in [2.05, 4.69) is 15.1 Å². The van der Waals surface area contributed by atoms with Crippen molar-refractivity contribution < 1.29 is 17.9 Å². The molecular formula is C17H22N4O4S. The number of anilines is 2. The van der Waals surface area contributed by atoms with E-state index in [4.69, 9.17) is 4.74 Å². The van der Waals surface area contributed by atoms with Crippen LogP contribution in [-0.2, 0) is 19.6 Å². The summed E-state index contributed by atoms with van der Waals surface area (Å²) < 4.78 is 35.1. The Bertz CT molecular complexity index is 901. The van der Waals surface area contributed by atoms with Crippen molar-refractivity contribution in [3.63, 3.8) is 0 Å². The van der Waals surface area contributed by atoms with Crippen LogP contribution in [0.2, 0.25) is 0 Å². The number of benzene rings is 1. The molecular weight excluding hydrogens is 356 g/mol. The van der Waals surface area contributed by atoms with Crippen LogP contribution in [0.15, 0.2) is 35.5 Å². The molecule has 1 aromatic carbocycles. The molecule has 1 aliphatic heterocycles. The smallest absolute Gasteiger partial charge is 0.262 e. The zero-order valence-electron chi connectivity index (χ0n) is 14.7. The average Bonchev–Trinajstić information content (AvgIpc) is 3.02. The topological polar surface area (TPSA) is 102 Å². The molecule has 8 nitrogen and oxygen atoms in total. The number of rotatable bonds is 5. The van der Waals surface area contributed by atoms with Gasteiger partial charge in [0, 0.05) is 32.0 Å². The summed E-state index contributed by atoms with van der Waals surface area (Å²) in [6.45, 7) is 4.46. The maximum absolute atomic E-state index is 12.7. The molecule has 0 radical (unpaired) electrons. The molecule has 1 aliphatic rings. The second-order valence-electron chi connectivity index (χ2n) is 6.32. The van der Waals surface area contributed by atoms with E-state index in [0.29, 0.717) is 30.2 Å². The van der Waals surface area contributed by atoms with Gasteiger partial charge >= 0.3 is 0 Å². The average molecular weight is 378 g/mol. The lowest BCUT2D eigenvalue weighted by atomic mass is 10.1. The number of hydrogen-bond acceptors (Lipinski definition) is 5. The molecule has 140 valence electrons. The summed E-state index contributed by atoms with van der Waals surface area (Å²) in [5.74, 6) is -0.210. The first-order valence-corrected chi connectivity index (χ1v) is 9.86. The molecule has 0 atom stereocenters. The Labute approximate surface area is 152 Å². The van der Waals surface area contributed by atoms with Crippen LogP contribution in [0.4, 0.5) is 11.4 Å². The van der Waals surface area contributed by atoms with Gasteiger partial charge in [-0.1, -0.05) is 0 Å². The van der Waals surface area contributed by atoms with Gasteiger partial charge in [-0.2, -0.15) is 5.10 Å². The van der Waals surface area contributed by atoms with Crippen LogP contribution in [0.5, 0.6) is 0 Å². The summed E-state index contributed by atoms with van der Waals surface area (Å²) in [5.41, 5.74) is 1.52. The number of amides is 1. The minimum atomic E-state index is -3.75. The van der Waals surface area contributed by atoms with E-state index in [1.807, 2.05) is 0 Å². The normalized spacial score (nSPS) is 15.6. The van der Waals surface area contributed by atoms with Crippen molar-refractivity contribution in [1.82, 2.24) is 9.78 Å². The molecule has 9 heteroatoms. The van der Waals surface area contributed by atoms with E-state index >= 15 is 0 Å². The minimum absolute atomic E-state index is 0.158. The number of sulfonamides is 1. The van der Waals surface area contributed by atoms with Crippen LogP contribution in [0.3, 0.4) is 0 Å². The molecule has 1 aromatic heterocycles. The molecule has 0 unspecified atom stereocenters. The van der Waals surface area contributed by atoms with Crippen LogP contribution >= 0.6 is 0 Å². The molecule has 26 heavy (non-hydrogen) atoms. The fourth-order valence-electron chi connectivity index (χ4n) is 2.98. The quantitative estimate of drug-likeness (QED) is 0.831. The Morgan fingerprint density at radius 2 is 2.00 bits per heavy atom. The Morgan fingerprint density at radius 3 is 2.65 bits per heavy atom. The van der Waals surface area contributed by atoms with E-state index in [0.717, 1.165) is 12.8 Å². The van der Waals surface area contributed by atoms with Crippen LogP contribution < -0.4 is 10.0 Å². The molecule has 0 bridgehead atoms. The van der Waals surface area contributed by atoms with Crippen molar-refractivity contribution >= 4 is 27.3 Å². The first kappa shape index (κ1) is 18.4. The SMILES string of the molecule is CC(=O)Nc1ccc(S(=O)(=O)Nc2cnn(C3CCOCC3)c2)c(C)c1. The monoisotopic (exact) mass is 378 g/mol. The highest BCUT2D eigenvalue weighted by atomic mass is 32.2. The first-order chi connectivity index (χ1) is 12.3. The van der Waals surface area contributed by atoms with E-state index in [-0.39, 0.29) is 16.8 Å². The number of aryl methyl sites for hydroxylation is 1. The number of carbonyl (C=O) groups is 1. The summed E-state index contributed by atoms with van der Waals surface area (Å²) in [6, 6.07) is 4.89. The third kappa shape index (κ3) is 4.23. The molecule has 0 aliphatic carbocycles. The number of carbonyl (C=O) groups excluding carboxylic acids is 1. The zero-order valence-corrected chi connectivity index (χ0v) is 15.5. The number of ether oxygens (including phenoxy) is 1. The van der Waals surface area contributed by atoms with Gasteiger partial charge in [-0.15, -0.1) is 0 Å². The maximum atomic E-state index is 12.7. The van der Waals surface area contributed by atoms with Gasteiger partial charge in [-0.25, -0.2) is 8.42 Å². The van der Waals surface area contributed by atoms with Crippen molar-refractivity contribution in [2.24, 2.45) is 0 Å². The Kier molecular flexibility index (Phi) is 5.28. The van der Waals surface area contributed by atoms with Gasteiger partial charge in [-0.3, -0.25) is 14.2 Å². The predicted octanol–water partition coefficient (Wildman–Crippen LogP) is 2.30. The third-order valence-corrected chi connectivity index (χ3v) is 5.75. The second-order valence-corrected chi connectivity index (χ2v) is 7.97. The van der Waals surface area contributed by atoms with E-state index in [9.17, 15) is 13.2 Å². The van der Waals surface area contributed by atoms with Crippen LogP contribution in [0.25, 0.3) is 0 Å². The van der Waals surface area contributed by atoms with Gasteiger partial charge in [0.15, 0.2) is 0 Å². The first-order valence-electron chi connectivity index (χ1n) is 8.38. The number of nitrogens with one attached hydrogen (secondary N) is 2.